The first kappa shape index (κ1) is 13.8. The topological polar surface area (TPSA) is 59.2 Å². The number of hydrogen-bond donors (Lipinski definition) is 1. The summed E-state index contributed by atoms with van der Waals surface area (Å²) in [5.74, 6) is 0.281. The van der Waals surface area contributed by atoms with E-state index in [0.29, 0.717) is 17.0 Å². The molecule has 0 aliphatic carbocycles. The number of rotatable bonds is 3. The Bertz CT molecular complexity index is 789. The van der Waals surface area contributed by atoms with Crippen molar-refractivity contribution in [2.75, 3.05) is 0 Å². The average molecular weight is 349 g/mol. The summed E-state index contributed by atoms with van der Waals surface area (Å²) in [7, 11) is 0. The predicted molar refractivity (Wildman–Crippen MR) is 78.3 cm³/mol. The van der Waals surface area contributed by atoms with Gasteiger partial charge >= 0.3 is 0 Å². The molecular weight excluding hydrogens is 339 g/mol. The Morgan fingerprint density at radius 2 is 2.00 bits per heavy atom. The maximum Gasteiger partial charge on any atom is 0.261 e. The van der Waals surface area contributed by atoms with Crippen molar-refractivity contribution in [3.8, 4) is 17.2 Å². The fourth-order valence-corrected chi connectivity index (χ4v) is 2.29. The second-order valence-corrected chi connectivity index (χ2v) is 5.36. The smallest absolute Gasteiger partial charge is 0.261 e. The Morgan fingerprint density at radius 3 is 2.81 bits per heavy atom. The van der Waals surface area contributed by atoms with E-state index >= 15 is 0 Å². The summed E-state index contributed by atoms with van der Waals surface area (Å²) in [6, 6.07) is 11.3. The van der Waals surface area contributed by atoms with Crippen LogP contribution in [-0.4, -0.2) is 15.2 Å². The lowest BCUT2D eigenvalue weighted by molar-refractivity contribution is 0.418. The first-order valence-corrected chi connectivity index (χ1v) is 6.97. The van der Waals surface area contributed by atoms with Crippen molar-refractivity contribution in [3.05, 3.63) is 64.1 Å². The summed E-state index contributed by atoms with van der Waals surface area (Å²) in [6.07, 6.45) is 0.227. The highest BCUT2D eigenvalue weighted by Crippen LogP contribution is 2.30. The molecule has 2 aromatic carbocycles. The van der Waals surface area contributed by atoms with Crippen LogP contribution in [0.25, 0.3) is 11.5 Å². The van der Waals surface area contributed by atoms with Gasteiger partial charge in [0.25, 0.3) is 5.89 Å². The van der Waals surface area contributed by atoms with Gasteiger partial charge in [-0.1, -0.05) is 39.3 Å². The normalized spacial score (nSPS) is 10.8. The quantitative estimate of drug-likeness (QED) is 0.778. The van der Waals surface area contributed by atoms with E-state index in [4.69, 9.17) is 4.52 Å². The van der Waals surface area contributed by atoms with Crippen LogP contribution in [0.5, 0.6) is 5.75 Å². The summed E-state index contributed by atoms with van der Waals surface area (Å²) < 4.78 is 19.5. The zero-order valence-corrected chi connectivity index (χ0v) is 12.3. The van der Waals surface area contributed by atoms with Crippen LogP contribution in [0.15, 0.2) is 51.5 Å². The van der Waals surface area contributed by atoms with Gasteiger partial charge in [-0.2, -0.15) is 4.98 Å². The summed E-state index contributed by atoms with van der Waals surface area (Å²) in [5.41, 5.74) is 0.917. The Kier molecular flexibility index (Phi) is 3.70. The number of benzene rings is 2. The minimum Gasteiger partial charge on any atom is -0.507 e. The highest BCUT2D eigenvalue weighted by Gasteiger charge is 2.14. The lowest BCUT2D eigenvalue weighted by Gasteiger charge is -1.99. The fourth-order valence-electron chi connectivity index (χ4n) is 1.93. The van der Waals surface area contributed by atoms with Crippen molar-refractivity contribution < 1.29 is 14.0 Å². The van der Waals surface area contributed by atoms with Crippen molar-refractivity contribution in [1.29, 1.82) is 0 Å². The Morgan fingerprint density at radius 1 is 1.19 bits per heavy atom. The maximum absolute atomic E-state index is 13.6. The third kappa shape index (κ3) is 2.95. The van der Waals surface area contributed by atoms with Gasteiger partial charge in [0.05, 0.1) is 5.56 Å². The van der Waals surface area contributed by atoms with Gasteiger partial charge < -0.3 is 9.63 Å². The molecule has 0 aliphatic heterocycles. The van der Waals surface area contributed by atoms with E-state index in [0.717, 1.165) is 4.47 Å². The molecule has 1 heterocycles. The average Bonchev–Trinajstić information content (AvgIpc) is 2.92. The minimum absolute atomic E-state index is 0.0410. The zero-order valence-electron chi connectivity index (χ0n) is 10.8. The molecule has 1 aromatic heterocycles. The van der Waals surface area contributed by atoms with Crippen molar-refractivity contribution in [2.24, 2.45) is 0 Å². The molecule has 0 saturated heterocycles. The van der Waals surface area contributed by atoms with Crippen LogP contribution in [0, 0.1) is 5.82 Å². The molecule has 6 heteroatoms. The van der Waals surface area contributed by atoms with Crippen LogP contribution in [0.3, 0.4) is 0 Å². The third-order valence-corrected chi connectivity index (χ3v) is 3.46. The van der Waals surface area contributed by atoms with E-state index in [1.807, 2.05) is 0 Å². The summed E-state index contributed by atoms with van der Waals surface area (Å²) >= 11 is 3.31. The molecule has 0 atom stereocenters. The molecule has 0 fully saturated rings. The van der Waals surface area contributed by atoms with Gasteiger partial charge in [-0.15, -0.1) is 0 Å². The van der Waals surface area contributed by atoms with Crippen LogP contribution in [0.2, 0.25) is 0 Å². The number of phenols is 1. The van der Waals surface area contributed by atoms with Crippen molar-refractivity contribution in [3.63, 3.8) is 0 Å². The Labute approximate surface area is 128 Å². The number of aromatic nitrogens is 2. The van der Waals surface area contributed by atoms with E-state index < -0.39 is 0 Å². The van der Waals surface area contributed by atoms with Crippen molar-refractivity contribution >= 4 is 15.9 Å². The molecule has 0 spiro atoms. The molecule has 0 amide bonds. The van der Waals surface area contributed by atoms with E-state index in [2.05, 4.69) is 26.1 Å². The lowest BCUT2D eigenvalue weighted by atomic mass is 10.1. The fraction of sp³-hybridized carbons (Fsp3) is 0.0667. The largest absolute Gasteiger partial charge is 0.507 e. The number of nitrogens with zero attached hydrogens (tertiary/aromatic N) is 2. The van der Waals surface area contributed by atoms with Crippen molar-refractivity contribution in [1.82, 2.24) is 10.1 Å². The summed E-state index contributed by atoms with van der Waals surface area (Å²) in [6.45, 7) is 0. The molecule has 0 bridgehead atoms. The van der Waals surface area contributed by atoms with E-state index in [1.54, 1.807) is 30.3 Å². The molecule has 0 unspecified atom stereocenters. The maximum atomic E-state index is 13.6. The molecule has 4 nitrogen and oxygen atoms in total. The molecule has 1 N–H and O–H groups in total. The molecule has 106 valence electrons. The number of aromatic hydroxyl groups is 1. The number of hydrogen-bond acceptors (Lipinski definition) is 4. The van der Waals surface area contributed by atoms with Crippen LogP contribution >= 0.6 is 15.9 Å². The molecule has 0 radical (unpaired) electrons. The zero-order chi connectivity index (χ0) is 14.8. The van der Waals surface area contributed by atoms with E-state index in [1.165, 1.54) is 12.1 Å². The lowest BCUT2D eigenvalue weighted by Crippen LogP contribution is -1.94. The Balaban J connectivity index is 1.90. The SMILES string of the molecule is Oc1ccc(Br)cc1-c1nc(Cc2ccccc2F)no1. The van der Waals surface area contributed by atoms with E-state index in [9.17, 15) is 9.50 Å². The molecule has 3 rings (SSSR count). The standard InChI is InChI=1S/C15H10BrFN2O2/c16-10-5-6-13(20)11(8-10)15-18-14(19-21-15)7-9-3-1-2-4-12(9)17/h1-6,8,20H,7H2. The highest BCUT2D eigenvalue weighted by molar-refractivity contribution is 9.10. The van der Waals surface area contributed by atoms with Gasteiger partial charge in [-0.3, -0.25) is 0 Å². The molecule has 0 saturated carbocycles. The second-order valence-electron chi connectivity index (χ2n) is 4.45. The highest BCUT2D eigenvalue weighted by atomic mass is 79.9. The Hall–Kier alpha value is -2.21. The minimum atomic E-state index is -0.311. The molecular formula is C15H10BrFN2O2. The summed E-state index contributed by atoms with van der Waals surface area (Å²) in [4.78, 5) is 4.19. The van der Waals surface area contributed by atoms with Crippen LogP contribution in [0.1, 0.15) is 11.4 Å². The van der Waals surface area contributed by atoms with Crippen LogP contribution in [0.4, 0.5) is 4.39 Å². The van der Waals surface area contributed by atoms with Crippen LogP contribution in [-0.2, 0) is 6.42 Å². The van der Waals surface area contributed by atoms with Gasteiger partial charge in [0, 0.05) is 10.9 Å². The first-order chi connectivity index (χ1) is 10.1. The van der Waals surface area contributed by atoms with Gasteiger partial charge in [0.15, 0.2) is 5.82 Å². The van der Waals surface area contributed by atoms with Crippen LogP contribution < -0.4 is 0 Å². The summed E-state index contributed by atoms with van der Waals surface area (Å²) in [5, 5.41) is 13.6. The number of phenolic OH excluding ortho intramolecular Hbond substituents is 1. The van der Waals surface area contributed by atoms with Crippen molar-refractivity contribution in [2.45, 2.75) is 6.42 Å². The van der Waals surface area contributed by atoms with Gasteiger partial charge in [0.1, 0.15) is 11.6 Å². The number of halogens is 2. The first-order valence-electron chi connectivity index (χ1n) is 6.18. The predicted octanol–water partition coefficient (Wildman–Crippen LogP) is 3.93. The monoisotopic (exact) mass is 348 g/mol. The van der Waals surface area contributed by atoms with E-state index in [-0.39, 0.29) is 23.9 Å². The third-order valence-electron chi connectivity index (χ3n) is 2.96. The van der Waals surface area contributed by atoms with Gasteiger partial charge in [-0.25, -0.2) is 4.39 Å². The second kappa shape index (κ2) is 5.65. The van der Waals surface area contributed by atoms with Gasteiger partial charge in [-0.05, 0) is 29.8 Å². The van der Waals surface area contributed by atoms with Gasteiger partial charge in [0.2, 0.25) is 0 Å². The molecule has 0 aliphatic rings. The molecule has 3 aromatic rings. The molecule has 21 heavy (non-hydrogen) atoms.